The van der Waals surface area contributed by atoms with Crippen LogP contribution in [-0.4, -0.2) is 41.3 Å². The number of esters is 1. The van der Waals surface area contributed by atoms with Gasteiger partial charge in [0.15, 0.2) is 0 Å². The van der Waals surface area contributed by atoms with Gasteiger partial charge < -0.3 is 14.7 Å². The van der Waals surface area contributed by atoms with Gasteiger partial charge in [0.05, 0.1) is 18.7 Å². The molecule has 3 rings (SSSR count). The maximum Gasteiger partial charge on any atom is 0.325 e. The predicted molar refractivity (Wildman–Crippen MR) is 93.9 cm³/mol. The second kappa shape index (κ2) is 7.41. The molecular formula is C20H16FNO5. The zero-order chi connectivity index (χ0) is 19.6. The molecule has 1 aliphatic heterocycles. The van der Waals surface area contributed by atoms with E-state index in [1.54, 1.807) is 30.3 Å². The van der Waals surface area contributed by atoms with Crippen LogP contribution in [0.3, 0.4) is 0 Å². The number of aliphatic hydroxyl groups excluding tert-OH is 1. The van der Waals surface area contributed by atoms with Crippen molar-refractivity contribution in [3.63, 3.8) is 0 Å². The van der Waals surface area contributed by atoms with Crippen molar-refractivity contribution in [1.29, 1.82) is 0 Å². The van der Waals surface area contributed by atoms with Gasteiger partial charge in [0, 0.05) is 5.56 Å². The Morgan fingerprint density at radius 2 is 1.85 bits per heavy atom. The van der Waals surface area contributed by atoms with Crippen LogP contribution in [0, 0.1) is 5.82 Å². The lowest BCUT2D eigenvalue weighted by molar-refractivity contribution is -0.148. The van der Waals surface area contributed by atoms with Crippen LogP contribution in [0.1, 0.15) is 17.2 Å². The van der Waals surface area contributed by atoms with Crippen molar-refractivity contribution in [3.05, 3.63) is 77.1 Å². The third-order valence-corrected chi connectivity index (χ3v) is 4.28. The number of hydrogen-bond acceptors (Lipinski definition) is 5. The Kier molecular flexibility index (Phi) is 5.03. The van der Waals surface area contributed by atoms with Gasteiger partial charge in [-0.1, -0.05) is 42.5 Å². The molecule has 1 saturated heterocycles. The molecule has 27 heavy (non-hydrogen) atoms. The van der Waals surface area contributed by atoms with E-state index in [0.717, 1.165) is 18.1 Å². The van der Waals surface area contributed by atoms with Crippen molar-refractivity contribution in [2.75, 3.05) is 13.7 Å². The van der Waals surface area contributed by atoms with Crippen LogP contribution in [0.5, 0.6) is 0 Å². The molecule has 7 heteroatoms. The molecule has 0 radical (unpaired) electrons. The molecule has 1 unspecified atom stereocenters. The molecule has 2 aromatic rings. The van der Waals surface area contributed by atoms with E-state index in [1.165, 1.54) is 18.2 Å². The highest BCUT2D eigenvalue weighted by molar-refractivity contribution is 6.46. The first kappa shape index (κ1) is 18.3. The van der Waals surface area contributed by atoms with Crippen LogP contribution in [-0.2, 0) is 19.1 Å². The minimum atomic E-state index is -1.11. The normalized spacial score (nSPS) is 18.6. The molecule has 1 aliphatic rings. The lowest BCUT2D eigenvalue weighted by atomic mass is 9.95. The summed E-state index contributed by atoms with van der Waals surface area (Å²) in [4.78, 5) is 37.8. The summed E-state index contributed by atoms with van der Waals surface area (Å²) in [5.74, 6) is -3.62. The summed E-state index contributed by atoms with van der Waals surface area (Å²) in [5, 5.41) is 10.7. The number of rotatable bonds is 4. The van der Waals surface area contributed by atoms with Gasteiger partial charge in [-0.3, -0.25) is 14.4 Å². The summed E-state index contributed by atoms with van der Waals surface area (Å²) in [6.07, 6.45) is 0. The largest absolute Gasteiger partial charge is 0.507 e. The van der Waals surface area contributed by atoms with Crippen LogP contribution in [0.4, 0.5) is 4.39 Å². The fourth-order valence-electron chi connectivity index (χ4n) is 3.02. The fraction of sp³-hybridized carbons (Fsp3) is 0.150. The van der Waals surface area contributed by atoms with E-state index in [-0.39, 0.29) is 11.1 Å². The Balaban J connectivity index is 2.19. The minimum absolute atomic E-state index is 0.208. The highest BCUT2D eigenvalue weighted by Crippen LogP contribution is 2.39. The van der Waals surface area contributed by atoms with E-state index in [9.17, 15) is 23.9 Å². The number of carbonyl (C=O) groups is 3. The molecular weight excluding hydrogens is 353 g/mol. The number of benzene rings is 2. The number of methoxy groups -OCH3 is 1. The molecule has 1 fully saturated rings. The van der Waals surface area contributed by atoms with Crippen molar-refractivity contribution < 1.29 is 28.6 Å². The van der Waals surface area contributed by atoms with Gasteiger partial charge in [-0.2, -0.15) is 0 Å². The summed E-state index contributed by atoms with van der Waals surface area (Å²) in [6.45, 7) is -0.506. The van der Waals surface area contributed by atoms with Crippen molar-refractivity contribution in [2.45, 2.75) is 6.04 Å². The summed E-state index contributed by atoms with van der Waals surface area (Å²) in [6, 6.07) is 12.4. The summed E-state index contributed by atoms with van der Waals surface area (Å²) >= 11 is 0. The summed E-state index contributed by atoms with van der Waals surface area (Å²) in [7, 11) is 1.15. The van der Waals surface area contributed by atoms with Gasteiger partial charge in [0.2, 0.25) is 0 Å². The minimum Gasteiger partial charge on any atom is -0.507 e. The first-order valence-corrected chi connectivity index (χ1v) is 8.10. The number of ether oxygens (including phenoxy) is 1. The lowest BCUT2D eigenvalue weighted by Gasteiger charge is -2.24. The maximum absolute atomic E-state index is 13.8. The van der Waals surface area contributed by atoms with Crippen LogP contribution in [0.15, 0.2) is 60.2 Å². The number of hydrogen-bond donors (Lipinski definition) is 1. The van der Waals surface area contributed by atoms with E-state index in [2.05, 4.69) is 4.74 Å². The quantitative estimate of drug-likeness (QED) is 0.387. The SMILES string of the molecule is COC(=O)CN1C(=O)C(=O)C(=C(O)c2ccccc2)C1c1cccc(F)c1. The molecule has 0 bridgehead atoms. The highest BCUT2D eigenvalue weighted by Gasteiger charge is 2.47. The molecule has 0 spiro atoms. The number of nitrogens with zero attached hydrogens (tertiary/aromatic N) is 1. The molecule has 1 N–H and O–H groups in total. The zero-order valence-corrected chi connectivity index (χ0v) is 14.4. The molecule has 1 amide bonds. The molecule has 6 nitrogen and oxygen atoms in total. The van der Waals surface area contributed by atoms with Crippen molar-refractivity contribution in [2.24, 2.45) is 0 Å². The number of likely N-dealkylation sites (tertiary alicyclic amines) is 1. The van der Waals surface area contributed by atoms with Crippen molar-refractivity contribution >= 4 is 23.4 Å². The fourth-order valence-corrected chi connectivity index (χ4v) is 3.02. The smallest absolute Gasteiger partial charge is 0.325 e. The first-order valence-electron chi connectivity index (χ1n) is 8.10. The Hall–Kier alpha value is -3.48. The second-order valence-corrected chi connectivity index (χ2v) is 5.92. The van der Waals surface area contributed by atoms with Gasteiger partial charge in [-0.05, 0) is 17.7 Å². The summed E-state index contributed by atoms with van der Waals surface area (Å²) < 4.78 is 18.4. The molecule has 2 aromatic carbocycles. The van der Waals surface area contributed by atoms with Gasteiger partial charge in [0.25, 0.3) is 11.7 Å². The molecule has 0 aromatic heterocycles. The number of amides is 1. The van der Waals surface area contributed by atoms with Crippen LogP contribution >= 0.6 is 0 Å². The number of ketones is 1. The van der Waals surface area contributed by atoms with Gasteiger partial charge in [-0.15, -0.1) is 0 Å². The lowest BCUT2D eigenvalue weighted by Crippen LogP contribution is -2.35. The third kappa shape index (κ3) is 3.44. The number of aliphatic hydroxyl groups is 1. The molecule has 1 heterocycles. The average Bonchev–Trinajstić information content (AvgIpc) is 2.93. The Bertz CT molecular complexity index is 938. The van der Waals surface area contributed by atoms with Gasteiger partial charge >= 0.3 is 5.97 Å². The molecule has 0 saturated carbocycles. The molecule has 138 valence electrons. The van der Waals surface area contributed by atoms with Crippen molar-refractivity contribution in [1.82, 2.24) is 4.90 Å². The number of halogens is 1. The van der Waals surface area contributed by atoms with Crippen LogP contribution in [0.25, 0.3) is 5.76 Å². The maximum atomic E-state index is 13.8. The zero-order valence-electron chi connectivity index (χ0n) is 14.4. The average molecular weight is 369 g/mol. The van der Waals surface area contributed by atoms with E-state index in [0.29, 0.717) is 5.56 Å². The summed E-state index contributed by atoms with van der Waals surface area (Å²) in [5.41, 5.74) is 0.381. The van der Waals surface area contributed by atoms with Crippen LogP contribution < -0.4 is 0 Å². The van der Waals surface area contributed by atoms with Crippen molar-refractivity contribution in [3.8, 4) is 0 Å². The third-order valence-electron chi connectivity index (χ3n) is 4.28. The van der Waals surface area contributed by atoms with Gasteiger partial charge in [-0.25, -0.2) is 4.39 Å². The molecule has 1 atom stereocenters. The number of carbonyl (C=O) groups excluding carboxylic acids is 3. The predicted octanol–water partition coefficient (Wildman–Crippen LogP) is 2.42. The standard InChI is InChI=1S/C20H16FNO5/c1-27-15(23)11-22-17(13-8-5-9-14(21)10-13)16(19(25)20(22)26)18(24)12-6-3-2-4-7-12/h2-10,17,24H,11H2,1H3. The highest BCUT2D eigenvalue weighted by atomic mass is 19.1. The van der Waals surface area contributed by atoms with Crippen LogP contribution in [0.2, 0.25) is 0 Å². The van der Waals surface area contributed by atoms with E-state index < -0.39 is 41.8 Å². The van der Waals surface area contributed by atoms with E-state index in [1.807, 2.05) is 0 Å². The van der Waals surface area contributed by atoms with Gasteiger partial charge in [0.1, 0.15) is 18.1 Å². The topological polar surface area (TPSA) is 83.9 Å². The Morgan fingerprint density at radius 3 is 2.48 bits per heavy atom. The van der Waals surface area contributed by atoms with E-state index in [4.69, 9.17) is 0 Å². The Labute approximate surface area is 154 Å². The monoisotopic (exact) mass is 369 g/mol. The Morgan fingerprint density at radius 1 is 1.15 bits per heavy atom. The molecule has 0 aliphatic carbocycles. The number of Topliss-reactive ketones (excluding diaryl/α,β-unsaturated/α-hetero) is 1. The van der Waals surface area contributed by atoms with E-state index >= 15 is 0 Å². The first-order chi connectivity index (χ1) is 12.9. The second-order valence-electron chi connectivity index (χ2n) is 5.92.